The largest absolute Gasteiger partial charge is 0.471 e. The molecular weight excluding hydrogens is 287 g/mol. The molecule has 0 radical (unpaired) electrons. The van der Waals surface area contributed by atoms with Crippen LogP contribution < -0.4 is 11.1 Å². The summed E-state index contributed by atoms with van der Waals surface area (Å²) < 4.78 is 36.9. The van der Waals surface area contributed by atoms with Gasteiger partial charge in [0, 0.05) is 19.6 Å². The third-order valence-corrected chi connectivity index (χ3v) is 3.65. The van der Waals surface area contributed by atoms with E-state index in [1.807, 2.05) is 6.92 Å². The highest BCUT2D eigenvalue weighted by atomic mass is 19.4. The van der Waals surface area contributed by atoms with Crippen LogP contribution in [0.4, 0.5) is 13.2 Å². The third kappa shape index (κ3) is 5.53. The lowest BCUT2D eigenvalue weighted by Gasteiger charge is -2.32. The maximum absolute atomic E-state index is 12.3. The SMILES string of the molecule is CCCC(N)C(=O)NCC1CCN(C(=O)C(F)(F)F)CC1. The average molecular weight is 309 g/mol. The van der Waals surface area contributed by atoms with Crippen molar-refractivity contribution in [3.8, 4) is 0 Å². The number of alkyl halides is 3. The molecule has 5 nitrogen and oxygen atoms in total. The molecule has 2 amide bonds. The second kappa shape index (κ2) is 7.63. The van der Waals surface area contributed by atoms with Crippen molar-refractivity contribution >= 4 is 11.8 Å². The molecule has 1 unspecified atom stereocenters. The quantitative estimate of drug-likeness (QED) is 0.796. The zero-order valence-electron chi connectivity index (χ0n) is 12.1. The van der Waals surface area contributed by atoms with Crippen LogP contribution in [0.2, 0.25) is 0 Å². The first-order valence-electron chi connectivity index (χ1n) is 7.15. The molecule has 21 heavy (non-hydrogen) atoms. The summed E-state index contributed by atoms with van der Waals surface area (Å²) in [5, 5.41) is 2.72. The summed E-state index contributed by atoms with van der Waals surface area (Å²) in [6.07, 6.45) is -2.50. The zero-order chi connectivity index (χ0) is 16.0. The van der Waals surface area contributed by atoms with E-state index in [0.29, 0.717) is 25.8 Å². The fourth-order valence-electron chi connectivity index (χ4n) is 2.34. The second-order valence-electron chi connectivity index (χ2n) is 5.37. The van der Waals surface area contributed by atoms with Gasteiger partial charge in [0.05, 0.1) is 6.04 Å². The highest BCUT2D eigenvalue weighted by Crippen LogP contribution is 2.23. The predicted octanol–water partition coefficient (Wildman–Crippen LogP) is 1.03. The minimum absolute atomic E-state index is 0.0693. The van der Waals surface area contributed by atoms with Gasteiger partial charge in [0.15, 0.2) is 0 Å². The van der Waals surface area contributed by atoms with Crippen molar-refractivity contribution in [1.29, 1.82) is 0 Å². The van der Waals surface area contributed by atoms with E-state index in [1.165, 1.54) is 0 Å². The first-order chi connectivity index (χ1) is 9.75. The number of rotatable bonds is 5. The summed E-state index contributed by atoms with van der Waals surface area (Å²) in [6.45, 7) is 2.46. The maximum atomic E-state index is 12.3. The van der Waals surface area contributed by atoms with Crippen molar-refractivity contribution in [2.45, 2.75) is 44.8 Å². The van der Waals surface area contributed by atoms with E-state index >= 15 is 0 Å². The molecule has 0 spiro atoms. The summed E-state index contributed by atoms with van der Waals surface area (Å²) in [5.41, 5.74) is 5.66. The molecule has 1 saturated heterocycles. The number of carbonyl (C=O) groups excluding carboxylic acids is 2. The number of carbonyl (C=O) groups is 2. The Hall–Kier alpha value is -1.31. The standard InChI is InChI=1S/C13H22F3N3O2/c1-2-3-10(17)11(20)18-8-9-4-6-19(7-5-9)12(21)13(14,15)16/h9-10H,2-8,17H2,1H3,(H,18,20). The van der Waals surface area contributed by atoms with Gasteiger partial charge in [-0.25, -0.2) is 0 Å². The highest BCUT2D eigenvalue weighted by Gasteiger charge is 2.43. The summed E-state index contributed by atoms with van der Waals surface area (Å²) in [5.74, 6) is -1.93. The topological polar surface area (TPSA) is 75.4 Å². The van der Waals surface area contributed by atoms with Crippen LogP contribution >= 0.6 is 0 Å². The van der Waals surface area contributed by atoms with Crippen LogP contribution in [0, 0.1) is 5.92 Å². The van der Waals surface area contributed by atoms with Crippen LogP contribution in [0.3, 0.4) is 0 Å². The zero-order valence-corrected chi connectivity index (χ0v) is 12.1. The Morgan fingerprint density at radius 3 is 2.38 bits per heavy atom. The Bertz CT molecular complexity index is 366. The summed E-state index contributed by atoms with van der Waals surface area (Å²) >= 11 is 0. The number of nitrogens with one attached hydrogen (secondary N) is 1. The van der Waals surface area contributed by atoms with Crippen LogP contribution in [-0.2, 0) is 9.59 Å². The number of amides is 2. The van der Waals surface area contributed by atoms with Gasteiger partial charge in [-0.15, -0.1) is 0 Å². The van der Waals surface area contributed by atoms with Gasteiger partial charge in [-0.2, -0.15) is 13.2 Å². The molecule has 0 aromatic rings. The molecule has 122 valence electrons. The van der Waals surface area contributed by atoms with E-state index in [1.54, 1.807) is 0 Å². The fraction of sp³-hybridized carbons (Fsp3) is 0.846. The molecular formula is C13H22F3N3O2. The Morgan fingerprint density at radius 2 is 1.90 bits per heavy atom. The van der Waals surface area contributed by atoms with Crippen molar-refractivity contribution in [2.75, 3.05) is 19.6 Å². The van der Waals surface area contributed by atoms with Gasteiger partial charge < -0.3 is 16.0 Å². The molecule has 0 bridgehead atoms. The fourth-order valence-corrected chi connectivity index (χ4v) is 2.34. The molecule has 0 aromatic carbocycles. The van der Waals surface area contributed by atoms with Crippen molar-refractivity contribution in [2.24, 2.45) is 11.7 Å². The summed E-state index contributed by atoms with van der Waals surface area (Å²) in [4.78, 5) is 23.5. The van der Waals surface area contributed by atoms with Crippen molar-refractivity contribution in [3.63, 3.8) is 0 Å². The minimum atomic E-state index is -4.81. The van der Waals surface area contributed by atoms with Gasteiger partial charge in [-0.3, -0.25) is 9.59 Å². The van der Waals surface area contributed by atoms with Gasteiger partial charge in [0.1, 0.15) is 0 Å². The van der Waals surface area contributed by atoms with Gasteiger partial charge in [-0.1, -0.05) is 13.3 Å². The number of halogens is 3. The Labute approximate surface area is 122 Å². The smallest absolute Gasteiger partial charge is 0.354 e. The molecule has 1 aliphatic rings. The van der Waals surface area contributed by atoms with Crippen molar-refractivity contribution in [1.82, 2.24) is 10.2 Å². The Kier molecular flexibility index (Phi) is 6.44. The van der Waals surface area contributed by atoms with Gasteiger partial charge >= 0.3 is 12.1 Å². The van der Waals surface area contributed by atoms with E-state index in [9.17, 15) is 22.8 Å². The number of hydrogen-bond acceptors (Lipinski definition) is 3. The molecule has 0 saturated carbocycles. The Balaban J connectivity index is 2.31. The van der Waals surface area contributed by atoms with Gasteiger partial charge in [0.25, 0.3) is 0 Å². The first-order valence-corrected chi connectivity index (χ1v) is 7.15. The van der Waals surface area contributed by atoms with Crippen LogP contribution in [0.25, 0.3) is 0 Å². The van der Waals surface area contributed by atoms with Crippen LogP contribution in [0.5, 0.6) is 0 Å². The van der Waals surface area contributed by atoms with E-state index < -0.39 is 18.1 Å². The molecule has 1 rings (SSSR count). The lowest BCUT2D eigenvalue weighted by atomic mass is 9.96. The van der Waals surface area contributed by atoms with E-state index in [2.05, 4.69) is 5.32 Å². The van der Waals surface area contributed by atoms with Crippen LogP contribution in [0.1, 0.15) is 32.6 Å². The number of piperidine rings is 1. The first kappa shape index (κ1) is 17.7. The highest BCUT2D eigenvalue weighted by molar-refractivity contribution is 5.82. The number of hydrogen-bond donors (Lipinski definition) is 2. The van der Waals surface area contributed by atoms with Crippen LogP contribution in [0.15, 0.2) is 0 Å². The molecule has 0 aromatic heterocycles. The average Bonchev–Trinajstić information content (AvgIpc) is 2.43. The molecule has 1 aliphatic heterocycles. The van der Waals surface area contributed by atoms with Gasteiger partial charge in [0.2, 0.25) is 5.91 Å². The van der Waals surface area contributed by atoms with E-state index in [0.717, 1.165) is 11.3 Å². The Morgan fingerprint density at radius 1 is 1.33 bits per heavy atom. The lowest BCUT2D eigenvalue weighted by Crippen LogP contribution is -2.48. The van der Waals surface area contributed by atoms with E-state index in [4.69, 9.17) is 5.73 Å². The number of nitrogens with zero attached hydrogens (tertiary/aromatic N) is 1. The predicted molar refractivity (Wildman–Crippen MR) is 71.3 cm³/mol. The van der Waals surface area contributed by atoms with Gasteiger partial charge in [-0.05, 0) is 25.2 Å². The molecule has 3 N–H and O–H groups in total. The molecule has 8 heteroatoms. The number of likely N-dealkylation sites (tertiary alicyclic amines) is 1. The number of nitrogens with two attached hydrogens (primary N) is 1. The lowest BCUT2D eigenvalue weighted by molar-refractivity contribution is -0.186. The van der Waals surface area contributed by atoms with Crippen LogP contribution in [-0.4, -0.2) is 48.6 Å². The maximum Gasteiger partial charge on any atom is 0.471 e. The molecule has 0 aliphatic carbocycles. The van der Waals surface area contributed by atoms with Crippen molar-refractivity contribution < 1.29 is 22.8 Å². The monoisotopic (exact) mass is 309 g/mol. The summed E-state index contributed by atoms with van der Waals surface area (Å²) in [6, 6.07) is -0.540. The normalized spacial score (nSPS) is 18.4. The third-order valence-electron chi connectivity index (χ3n) is 3.65. The van der Waals surface area contributed by atoms with E-state index in [-0.39, 0.29) is 24.9 Å². The summed E-state index contributed by atoms with van der Waals surface area (Å²) in [7, 11) is 0. The van der Waals surface area contributed by atoms with Crippen molar-refractivity contribution in [3.05, 3.63) is 0 Å². The molecule has 1 atom stereocenters. The minimum Gasteiger partial charge on any atom is -0.354 e. The molecule has 1 fully saturated rings. The second-order valence-corrected chi connectivity index (χ2v) is 5.37. The molecule has 1 heterocycles.